The second kappa shape index (κ2) is 4.75. The highest BCUT2D eigenvalue weighted by molar-refractivity contribution is 9.10. The molecule has 0 amide bonds. The molecule has 0 spiro atoms. The average Bonchev–Trinajstić information content (AvgIpc) is 2.78. The summed E-state index contributed by atoms with van der Waals surface area (Å²) in [5.74, 6) is 0. The predicted molar refractivity (Wildman–Crippen MR) is 76.8 cm³/mol. The van der Waals surface area contributed by atoms with E-state index in [9.17, 15) is 5.11 Å². The Kier molecular flexibility index (Phi) is 3.08. The maximum absolute atomic E-state index is 10.1. The fourth-order valence-corrected chi connectivity index (χ4v) is 2.50. The minimum absolute atomic E-state index is 0.604. The Morgan fingerprint density at radius 1 is 1.21 bits per heavy atom. The molecule has 1 atom stereocenters. The van der Waals surface area contributed by atoms with E-state index in [0.29, 0.717) is 0 Å². The monoisotopic (exact) mass is 317 g/mol. The van der Waals surface area contributed by atoms with Crippen LogP contribution in [0.1, 0.15) is 18.7 Å². The second-order valence-corrected chi connectivity index (χ2v) is 5.25. The Labute approximate surface area is 118 Å². The topological polar surface area (TPSA) is 50.4 Å². The molecule has 3 rings (SSSR count). The summed E-state index contributed by atoms with van der Waals surface area (Å²) in [5.41, 5.74) is 3.33. The normalized spacial score (nSPS) is 12.8. The lowest BCUT2D eigenvalue weighted by atomic mass is 10.1. The zero-order valence-corrected chi connectivity index (χ0v) is 11.9. The van der Waals surface area contributed by atoms with Crippen LogP contribution in [-0.4, -0.2) is 19.5 Å². The van der Waals surface area contributed by atoms with Crippen molar-refractivity contribution in [1.29, 1.82) is 0 Å². The number of rotatable bonds is 2. The van der Waals surface area contributed by atoms with Gasteiger partial charge in [0.05, 0.1) is 17.5 Å². The molecule has 0 aliphatic heterocycles. The Morgan fingerprint density at radius 3 is 2.63 bits per heavy atom. The first-order valence-corrected chi connectivity index (χ1v) is 6.72. The Bertz CT molecular complexity index is 722. The van der Waals surface area contributed by atoms with Crippen molar-refractivity contribution < 1.29 is 5.11 Å². The van der Waals surface area contributed by atoms with E-state index in [1.165, 1.54) is 0 Å². The molecule has 4 nitrogen and oxygen atoms in total. The van der Waals surface area contributed by atoms with Gasteiger partial charge in [-0.05, 0) is 47.1 Å². The molecule has 19 heavy (non-hydrogen) atoms. The van der Waals surface area contributed by atoms with Crippen molar-refractivity contribution in [1.82, 2.24) is 14.4 Å². The van der Waals surface area contributed by atoms with Crippen LogP contribution in [0.2, 0.25) is 0 Å². The molecule has 3 aromatic rings. The lowest BCUT2D eigenvalue weighted by Gasteiger charge is -2.07. The van der Waals surface area contributed by atoms with Gasteiger partial charge in [0.25, 0.3) is 0 Å². The highest BCUT2D eigenvalue weighted by Crippen LogP contribution is 2.29. The molecule has 0 bridgehead atoms. The molecule has 0 aromatic carbocycles. The Hall–Kier alpha value is -1.72. The predicted octanol–water partition coefficient (Wildman–Crippen LogP) is 3.21. The molecule has 0 saturated carbocycles. The molecule has 3 aromatic heterocycles. The average molecular weight is 318 g/mol. The summed E-state index contributed by atoms with van der Waals surface area (Å²) in [4.78, 5) is 8.61. The number of nitrogens with zero attached hydrogens (tertiary/aromatic N) is 3. The molecule has 96 valence electrons. The third kappa shape index (κ3) is 2.15. The van der Waals surface area contributed by atoms with Gasteiger partial charge >= 0.3 is 0 Å². The smallest absolute Gasteiger partial charge is 0.137 e. The quantitative estimate of drug-likeness (QED) is 0.789. The van der Waals surface area contributed by atoms with Crippen LogP contribution in [-0.2, 0) is 0 Å². The van der Waals surface area contributed by atoms with Crippen molar-refractivity contribution in [2.75, 3.05) is 0 Å². The first-order chi connectivity index (χ1) is 9.16. The van der Waals surface area contributed by atoms with Crippen LogP contribution < -0.4 is 0 Å². The number of imidazole rings is 1. The molecule has 0 saturated heterocycles. The number of hydrogen-bond acceptors (Lipinski definition) is 3. The minimum atomic E-state index is -0.604. The van der Waals surface area contributed by atoms with E-state index in [1.54, 1.807) is 19.3 Å². The van der Waals surface area contributed by atoms with Crippen LogP contribution in [0.25, 0.3) is 16.9 Å². The number of halogens is 1. The highest BCUT2D eigenvalue weighted by atomic mass is 79.9. The van der Waals surface area contributed by atoms with Crippen molar-refractivity contribution in [3.63, 3.8) is 0 Å². The maximum Gasteiger partial charge on any atom is 0.137 e. The van der Waals surface area contributed by atoms with E-state index in [4.69, 9.17) is 0 Å². The van der Waals surface area contributed by atoms with E-state index in [0.717, 1.165) is 27.1 Å². The van der Waals surface area contributed by atoms with Crippen LogP contribution in [0, 0.1) is 0 Å². The van der Waals surface area contributed by atoms with Gasteiger partial charge in [-0.3, -0.25) is 9.38 Å². The second-order valence-electron chi connectivity index (χ2n) is 4.33. The van der Waals surface area contributed by atoms with Crippen molar-refractivity contribution in [2.24, 2.45) is 0 Å². The van der Waals surface area contributed by atoms with Crippen LogP contribution in [0.3, 0.4) is 0 Å². The number of aliphatic hydroxyl groups excluding tert-OH is 1. The number of aliphatic hydroxyl groups is 1. The van der Waals surface area contributed by atoms with Crippen LogP contribution in [0.5, 0.6) is 0 Å². The first kappa shape index (κ1) is 12.3. The molecule has 1 N–H and O–H groups in total. The van der Waals surface area contributed by atoms with Crippen LogP contribution in [0.15, 0.2) is 47.3 Å². The zero-order chi connectivity index (χ0) is 13.4. The summed E-state index contributed by atoms with van der Waals surface area (Å²) < 4.78 is 2.85. The molecular formula is C14H12BrN3O. The molecule has 0 aliphatic carbocycles. The largest absolute Gasteiger partial charge is 0.387 e. The maximum atomic E-state index is 10.1. The summed E-state index contributed by atoms with van der Waals surface area (Å²) in [6.45, 7) is 1.75. The lowest BCUT2D eigenvalue weighted by molar-refractivity contribution is 0.194. The minimum Gasteiger partial charge on any atom is -0.387 e. The van der Waals surface area contributed by atoms with E-state index in [-0.39, 0.29) is 0 Å². The molecule has 5 heteroatoms. The van der Waals surface area contributed by atoms with Crippen LogP contribution >= 0.6 is 15.9 Å². The number of fused-ring (bicyclic) bond motifs is 1. The number of hydrogen-bond donors (Lipinski definition) is 1. The van der Waals surface area contributed by atoms with Crippen LogP contribution in [0.4, 0.5) is 0 Å². The van der Waals surface area contributed by atoms with Gasteiger partial charge in [0, 0.05) is 28.6 Å². The van der Waals surface area contributed by atoms with Gasteiger partial charge in [-0.1, -0.05) is 0 Å². The van der Waals surface area contributed by atoms with Gasteiger partial charge in [0.1, 0.15) is 5.65 Å². The van der Waals surface area contributed by atoms with Gasteiger partial charge in [0.2, 0.25) is 0 Å². The number of aromatic nitrogens is 3. The third-order valence-electron chi connectivity index (χ3n) is 2.97. The van der Waals surface area contributed by atoms with Gasteiger partial charge < -0.3 is 5.11 Å². The summed E-state index contributed by atoms with van der Waals surface area (Å²) in [6.07, 6.45) is 4.75. The first-order valence-electron chi connectivity index (χ1n) is 5.93. The molecular weight excluding hydrogens is 306 g/mol. The zero-order valence-electron chi connectivity index (χ0n) is 10.3. The fraction of sp³-hybridized carbons (Fsp3) is 0.143. The summed E-state index contributed by atoms with van der Waals surface area (Å²) in [5, 5.41) is 10.1. The van der Waals surface area contributed by atoms with Crippen molar-refractivity contribution in [3.8, 4) is 11.3 Å². The fourth-order valence-electron chi connectivity index (χ4n) is 2.16. The van der Waals surface area contributed by atoms with Gasteiger partial charge in [0.15, 0.2) is 0 Å². The summed E-state index contributed by atoms with van der Waals surface area (Å²) in [7, 11) is 0. The standard InChI is InChI=1S/C14H12BrN3O/c1-9(19)14-13(10-4-6-16-7-5-10)17-12-3-2-11(15)8-18(12)14/h2-9,19H,1H3. The molecule has 3 heterocycles. The molecule has 0 fully saturated rings. The van der Waals surface area contributed by atoms with E-state index >= 15 is 0 Å². The molecule has 0 radical (unpaired) electrons. The summed E-state index contributed by atoms with van der Waals surface area (Å²) in [6, 6.07) is 7.64. The van der Waals surface area contributed by atoms with E-state index in [2.05, 4.69) is 25.9 Å². The van der Waals surface area contributed by atoms with E-state index in [1.807, 2.05) is 34.9 Å². The van der Waals surface area contributed by atoms with Crippen molar-refractivity contribution in [3.05, 3.63) is 53.0 Å². The van der Waals surface area contributed by atoms with Gasteiger partial charge in [-0.2, -0.15) is 0 Å². The molecule has 1 unspecified atom stereocenters. The van der Waals surface area contributed by atoms with E-state index < -0.39 is 6.10 Å². The SMILES string of the molecule is CC(O)c1c(-c2ccncc2)nc2ccc(Br)cn12. The third-order valence-corrected chi connectivity index (χ3v) is 3.44. The number of pyridine rings is 2. The molecule has 0 aliphatic rings. The Balaban J connectivity index is 2.33. The van der Waals surface area contributed by atoms with Gasteiger partial charge in [-0.15, -0.1) is 0 Å². The lowest BCUT2D eigenvalue weighted by Crippen LogP contribution is -1.99. The summed E-state index contributed by atoms with van der Waals surface area (Å²) >= 11 is 3.44. The van der Waals surface area contributed by atoms with Gasteiger partial charge in [-0.25, -0.2) is 4.98 Å². The van der Waals surface area contributed by atoms with Crippen molar-refractivity contribution >= 4 is 21.6 Å². The Morgan fingerprint density at radius 2 is 1.95 bits per heavy atom. The van der Waals surface area contributed by atoms with Crippen molar-refractivity contribution in [2.45, 2.75) is 13.0 Å². The highest BCUT2D eigenvalue weighted by Gasteiger charge is 2.17.